The number of hydrogen-bond donors (Lipinski definition) is 0. The van der Waals surface area contributed by atoms with Crippen molar-refractivity contribution in [1.82, 2.24) is 14.9 Å². The molecule has 0 saturated carbocycles. The maximum absolute atomic E-state index is 13.2. The van der Waals surface area contributed by atoms with Crippen LogP contribution in [-0.2, 0) is 13.0 Å². The standard InChI is InChI=1S/C27H22ClN3O/c1-18-7-9-21(10-8-18)27(32)31-16-15-24-23(17-31)25(19-11-13-22(28)14-12-19)30-26(29-24)20-5-3-2-4-6-20/h2-14H,15-17H2,1H3. The van der Waals surface area contributed by atoms with Crippen molar-refractivity contribution in [3.8, 4) is 22.6 Å². The van der Waals surface area contributed by atoms with Crippen LogP contribution in [0, 0.1) is 6.92 Å². The highest BCUT2D eigenvalue weighted by molar-refractivity contribution is 6.30. The third kappa shape index (κ3) is 4.02. The molecule has 0 unspecified atom stereocenters. The number of nitrogens with zero attached hydrogens (tertiary/aromatic N) is 3. The SMILES string of the molecule is Cc1ccc(C(=O)N2CCc3nc(-c4ccccc4)nc(-c4ccc(Cl)cc4)c3C2)cc1. The largest absolute Gasteiger partial charge is 0.334 e. The van der Waals surface area contributed by atoms with Crippen molar-refractivity contribution in [3.05, 3.63) is 106 Å². The summed E-state index contributed by atoms with van der Waals surface area (Å²) in [7, 11) is 0. The van der Waals surface area contributed by atoms with Crippen molar-refractivity contribution in [2.75, 3.05) is 6.54 Å². The van der Waals surface area contributed by atoms with E-state index in [1.165, 1.54) is 0 Å². The highest BCUT2D eigenvalue weighted by Crippen LogP contribution is 2.32. The lowest BCUT2D eigenvalue weighted by Crippen LogP contribution is -2.37. The first-order valence-corrected chi connectivity index (χ1v) is 11.0. The molecule has 1 aliphatic rings. The van der Waals surface area contributed by atoms with Crippen LogP contribution in [-0.4, -0.2) is 27.3 Å². The molecule has 0 atom stereocenters. The second kappa shape index (κ2) is 8.56. The normalized spacial score (nSPS) is 13.0. The quantitative estimate of drug-likeness (QED) is 0.395. The Kier molecular flexibility index (Phi) is 5.46. The number of hydrogen-bond acceptors (Lipinski definition) is 3. The number of aryl methyl sites for hydroxylation is 1. The smallest absolute Gasteiger partial charge is 0.254 e. The molecule has 0 aliphatic carbocycles. The number of aromatic nitrogens is 2. The van der Waals surface area contributed by atoms with Gasteiger partial charge in [0.05, 0.1) is 11.4 Å². The monoisotopic (exact) mass is 439 g/mol. The lowest BCUT2D eigenvalue weighted by molar-refractivity contribution is 0.0734. The molecule has 4 nitrogen and oxygen atoms in total. The molecule has 0 bridgehead atoms. The van der Waals surface area contributed by atoms with Gasteiger partial charge in [-0.25, -0.2) is 9.97 Å². The minimum Gasteiger partial charge on any atom is -0.334 e. The second-order valence-electron chi connectivity index (χ2n) is 8.04. The lowest BCUT2D eigenvalue weighted by Gasteiger charge is -2.30. The van der Waals surface area contributed by atoms with Crippen LogP contribution in [0.5, 0.6) is 0 Å². The fourth-order valence-corrected chi connectivity index (χ4v) is 4.15. The molecule has 32 heavy (non-hydrogen) atoms. The van der Waals surface area contributed by atoms with E-state index in [0.717, 1.165) is 33.6 Å². The van der Waals surface area contributed by atoms with Crippen LogP contribution in [0.1, 0.15) is 27.2 Å². The molecule has 1 amide bonds. The molecule has 4 aromatic rings. The molecule has 5 heteroatoms. The molecule has 5 rings (SSSR count). The van der Waals surface area contributed by atoms with Crippen molar-refractivity contribution in [1.29, 1.82) is 0 Å². The summed E-state index contributed by atoms with van der Waals surface area (Å²) in [6, 6.07) is 25.4. The Bertz CT molecular complexity index is 1270. The van der Waals surface area contributed by atoms with Gasteiger partial charge in [-0.15, -0.1) is 0 Å². The van der Waals surface area contributed by atoms with Gasteiger partial charge in [0.2, 0.25) is 0 Å². The number of fused-ring (bicyclic) bond motifs is 1. The maximum Gasteiger partial charge on any atom is 0.254 e. The van der Waals surface area contributed by atoms with E-state index in [1.807, 2.05) is 90.7 Å². The molecular formula is C27H22ClN3O. The zero-order valence-electron chi connectivity index (χ0n) is 17.8. The molecule has 0 radical (unpaired) electrons. The van der Waals surface area contributed by atoms with Crippen molar-refractivity contribution in [3.63, 3.8) is 0 Å². The van der Waals surface area contributed by atoms with Crippen LogP contribution in [0.25, 0.3) is 22.6 Å². The Balaban J connectivity index is 1.57. The average Bonchev–Trinajstić information content (AvgIpc) is 2.84. The van der Waals surface area contributed by atoms with Gasteiger partial charge in [0.15, 0.2) is 5.82 Å². The molecule has 158 valence electrons. The number of halogens is 1. The van der Waals surface area contributed by atoms with Crippen molar-refractivity contribution >= 4 is 17.5 Å². The van der Waals surface area contributed by atoms with E-state index >= 15 is 0 Å². The van der Waals surface area contributed by atoms with Gasteiger partial charge in [-0.3, -0.25) is 4.79 Å². The van der Waals surface area contributed by atoms with E-state index in [9.17, 15) is 4.79 Å². The van der Waals surface area contributed by atoms with E-state index in [-0.39, 0.29) is 5.91 Å². The number of amides is 1. The Hall–Kier alpha value is -3.50. The van der Waals surface area contributed by atoms with Gasteiger partial charge < -0.3 is 4.90 Å². The predicted octanol–water partition coefficient (Wildman–Crippen LogP) is 5.97. The Labute approximate surface area is 192 Å². The summed E-state index contributed by atoms with van der Waals surface area (Å²) in [5.41, 5.74) is 6.63. The van der Waals surface area contributed by atoms with Gasteiger partial charge >= 0.3 is 0 Å². The van der Waals surface area contributed by atoms with Crippen LogP contribution in [0.3, 0.4) is 0 Å². The third-order valence-electron chi connectivity index (χ3n) is 5.80. The van der Waals surface area contributed by atoms with Gasteiger partial charge in [0, 0.05) is 46.8 Å². The molecule has 0 fully saturated rings. The summed E-state index contributed by atoms with van der Waals surface area (Å²) in [6.45, 7) is 3.13. The summed E-state index contributed by atoms with van der Waals surface area (Å²) in [5.74, 6) is 0.734. The first-order chi connectivity index (χ1) is 15.6. The summed E-state index contributed by atoms with van der Waals surface area (Å²) in [6.07, 6.45) is 0.690. The molecule has 0 spiro atoms. The molecule has 1 aromatic heterocycles. The van der Waals surface area contributed by atoms with E-state index in [1.54, 1.807) is 0 Å². The fourth-order valence-electron chi connectivity index (χ4n) is 4.03. The molecule has 3 aromatic carbocycles. The molecule has 2 heterocycles. The van der Waals surface area contributed by atoms with Crippen LogP contribution in [0.4, 0.5) is 0 Å². The van der Waals surface area contributed by atoms with Crippen LogP contribution in [0.2, 0.25) is 5.02 Å². The Morgan fingerprint density at radius 2 is 1.59 bits per heavy atom. The molecule has 0 saturated heterocycles. The van der Waals surface area contributed by atoms with Crippen LogP contribution < -0.4 is 0 Å². The zero-order valence-corrected chi connectivity index (χ0v) is 18.5. The van der Waals surface area contributed by atoms with Crippen LogP contribution >= 0.6 is 11.6 Å². The highest BCUT2D eigenvalue weighted by Gasteiger charge is 2.27. The first kappa shape index (κ1) is 20.4. The number of benzene rings is 3. The molecule has 1 aliphatic heterocycles. The topological polar surface area (TPSA) is 46.1 Å². The zero-order chi connectivity index (χ0) is 22.1. The summed E-state index contributed by atoms with van der Waals surface area (Å²) >= 11 is 6.13. The van der Waals surface area contributed by atoms with Gasteiger partial charge in [0.25, 0.3) is 5.91 Å². The Morgan fingerprint density at radius 1 is 0.875 bits per heavy atom. The van der Waals surface area contributed by atoms with Crippen molar-refractivity contribution < 1.29 is 4.79 Å². The van der Waals surface area contributed by atoms with E-state index in [2.05, 4.69) is 0 Å². The summed E-state index contributed by atoms with van der Waals surface area (Å²) in [4.78, 5) is 24.9. The van der Waals surface area contributed by atoms with E-state index < -0.39 is 0 Å². The average molecular weight is 440 g/mol. The van der Waals surface area contributed by atoms with Gasteiger partial charge in [0.1, 0.15) is 0 Å². The predicted molar refractivity (Wildman–Crippen MR) is 128 cm³/mol. The lowest BCUT2D eigenvalue weighted by atomic mass is 9.98. The highest BCUT2D eigenvalue weighted by atomic mass is 35.5. The number of carbonyl (C=O) groups is 1. The minimum absolute atomic E-state index is 0.0323. The minimum atomic E-state index is 0.0323. The van der Waals surface area contributed by atoms with Crippen molar-refractivity contribution in [2.45, 2.75) is 19.9 Å². The van der Waals surface area contributed by atoms with Crippen LogP contribution in [0.15, 0.2) is 78.9 Å². The van der Waals surface area contributed by atoms with E-state index in [0.29, 0.717) is 35.9 Å². The fraction of sp³-hybridized carbons (Fsp3) is 0.148. The Morgan fingerprint density at radius 3 is 2.31 bits per heavy atom. The molecule has 0 N–H and O–H groups in total. The summed E-state index contributed by atoms with van der Waals surface area (Å²) < 4.78 is 0. The number of carbonyl (C=O) groups excluding carboxylic acids is 1. The maximum atomic E-state index is 13.2. The second-order valence-corrected chi connectivity index (χ2v) is 8.47. The van der Waals surface area contributed by atoms with Gasteiger partial charge in [-0.1, -0.05) is 71.8 Å². The van der Waals surface area contributed by atoms with Crippen molar-refractivity contribution in [2.24, 2.45) is 0 Å². The summed E-state index contributed by atoms with van der Waals surface area (Å²) in [5, 5.41) is 0.677. The first-order valence-electron chi connectivity index (χ1n) is 10.7. The van der Waals surface area contributed by atoms with Gasteiger partial charge in [-0.2, -0.15) is 0 Å². The molecular weight excluding hydrogens is 418 g/mol. The van der Waals surface area contributed by atoms with E-state index in [4.69, 9.17) is 21.6 Å². The third-order valence-corrected chi connectivity index (χ3v) is 6.05. The number of rotatable bonds is 3. The van der Waals surface area contributed by atoms with Gasteiger partial charge in [-0.05, 0) is 31.2 Å².